The molecule has 2 aromatic heterocycles. The molecule has 0 atom stereocenters. The van der Waals surface area contributed by atoms with E-state index in [0.29, 0.717) is 5.01 Å². The summed E-state index contributed by atoms with van der Waals surface area (Å²) in [4.78, 5) is 30.7. The van der Waals surface area contributed by atoms with Gasteiger partial charge in [0.1, 0.15) is 0 Å². The summed E-state index contributed by atoms with van der Waals surface area (Å²) in [6.45, 7) is 0. The zero-order chi connectivity index (χ0) is 15.5. The molecule has 1 aromatic carbocycles. The van der Waals surface area contributed by atoms with Crippen molar-refractivity contribution in [2.45, 2.75) is 12.8 Å². The van der Waals surface area contributed by atoms with Crippen LogP contribution >= 0.6 is 11.3 Å². The van der Waals surface area contributed by atoms with Gasteiger partial charge in [0.25, 0.3) is 0 Å². The fourth-order valence-corrected chi connectivity index (χ4v) is 3.02. The second-order valence-electron chi connectivity index (χ2n) is 4.79. The van der Waals surface area contributed by atoms with Gasteiger partial charge >= 0.3 is 5.97 Å². The zero-order valence-corrected chi connectivity index (χ0v) is 12.8. The number of nitrogens with one attached hydrogen (secondary N) is 1. The number of nitrogens with zero attached hydrogens (tertiary/aromatic N) is 1. The van der Waals surface area contributed by atoms with E-state index in [9.17, 15) is 9.59 Å². The molecule has 0 aliphatic rings. The second kappa shape index (κ2) is 6.11. The predicted octanol–water partition coefficient (Wildman–Crippen LogP) is 3.43. The first-order valence-electron chi connectivity index (χ1n) is 6.81. The lowest BCUT2D eigenvalue weighted by Crippen LogP contribution is -2.05. The number of fused-ring (bicyclic) bond motifs is 1. The van der Waals surface area contributed by atoms with Gasteiger partial charge < -0.3 is 9.72 Å². The molecule has 0 aliphatic heterocycles. The number of Topliss-reactive ketones (excluding diaryl/α,β-unsaturated/α-hetero) is 1. The normalized spacial score (nSPS) is 10.8. The highest BCUT2D eigenvalue weighted by Gasteiger charge is 2.15. The van der Waals surface area contributed by atoms with Crippen molar-refractivity contribution in [1.29, 1.82) is 0 Å². The summed E-state index contributed by atoms with van der Waals surface area (Å²) < 4.78 is 4.54. The molecule has 0 unspecified atom stereocenters. The number of H-pyrrole nitrogens is 1. The van der Waals surface area contributed by atoms with Crippen molar-refractivity contribution in [3.63, 3.8) is 0 Å². The lowest BCUT2D eigenvalue weighted by molar-refractivity contribution is -0.140. The Balaban J connectivity index is 1.82. The van der Waals surface area contributed by atoms with E-state index in [1.165, 1.54) is 18.4 Å². The molecule has 3 rings (SSSR count). The number of carbonyl (C=O) groups is 2. The SMILES string of the molecule is COC(=O)CCC(=O)c1nc(-c2c[nH]c3ccccc23)cs1. The highest BCUT2D eigenvalue weighted by molar-refractivity contribution is 7.12. The van der Waals surface area contributed by atoms with E-state index in [1.54, 1.807) is 0 Å². The molecule has 3 aromatic rings. The van der Waals surface area contributed by atoms with Gasteiger partial charge in [-0.05, 0) is 6.07 Å². The minimum absolute atomic E-state index is 0.0807. The van der Waals surface area contributed by atoms with Crippen LogP contribution in [0.2, 0.25) is 0 Å². The minimum atomic E-state index is -0.387. The van der Waals surface area contributed by atoms with Gasteiger partial charge in [-0.1, -0.05) is 18.2 Å². The van der Waals surface area contributed by atoms with Gasteiger partial charge in [-0.25, -0.2) is 4.98 Å². The van der Waals surface area contributed by atoms with E-state index in [-0.39, 0.29) is 24.6 Å². The number of hydrogen-bond donors (Lipinski definition) is 1. The fourth-order valence-electron chi connectivity index (χ4n) is 2.23. The number of aromatic amines is 1. The average molecular weight is 314 g/mol. The van der Waals surface area contributed by atoms with Crippen molar-refractivity contribution in [2.75, 3.05) is 7.11 Å². The van der Waals surface area contributed by atoms with Crippen LogP contribution in [0.25, 0.3) is 22.2 Å². The Labute approximate surface area is 131 Å². The molecule has 112 valence electrons. The number of rotatable bonds is 5. The number of ketones is 1. The molecule has 0 spiro atoms. The smallest absolute Gasteiger partial charge is 0.305 e. The van der Waals surface area contributed by atoms with Gasteiger partial charge in [0.2, 0.25) is 0 Å². The number of aromatic nitrogens is 2. The molecule has 0 radical (unpaired) electrons. The summed E-state index contributed by atoms with van der Waals surface area (Å²) in [6, 6.07) is 7.94. The molecule has 0 saturated heterocycles. The van der Waals surface area contributed by atoms with Crippen LogP contribution in [0, 0.1) is 0 Å². The molecule has 1 N–H and O–H groups in total. The summed E-state index contributed by atoms with van der Waals surface area (Å²) in [5.41, 5.74) is 2.77. The topological polar surface area (TPSA) is 72.1 Å². The first-order chi connectivity index (χ1) is 10.7. The number of thiazole rings is 1. The third-order valence-corrected chi connectivity index (χ3v) is 4.28. The van der Waals surface area contributed by atoms with Gasteiger partial charge in [0.05, 0.1) is 19.2 Å². The van der Waals surface area contributed by atoms with Crippen molar-refractivity contribution >= 4 is 34.0 Å². The Morgan fingerprint density at radius 1 is 1.27 bits per heavy atom. The number of para-hydroxylation sites is 1. The molecule has 6 heteroatoms. The maximum absolute atomic E-state index is 12.0. The minimum Gasteiger partial charge on any atom is -0.469 e. The molecule has 0 saturated carbocycles. The summed E-state index contributed by atoms with van der Waals surface area (Å²) in [7, 11) is 1.31. The molecule has 5 nitrogen and oxygen atoms in total. The van der Waals surface area contributed by atoms with E-state index in [2.05, 4.69) is 14.7 Å². The Bertz CT molecular complexity index is 835. The highest BCUT2D eigenvalue weighted by atomic mass is 32.1. The molecule has 0 fully saturated rings. The second-order valence-corrected chi connectivity index (χ2v) is 5.64. The molecule has 22 heavy (non-hydrogen) atoms. The maximum atomic E-state index is 12.0. The quantitative estimate of drug-likeness (QED) is 0.578. The number of benzene rings is 1. The number of hydrogen-bond acceptors (Lipinski definition) is 5. The van der Waals surface area contributed by atoms with Crippen LogP contribution in [0.15, 0.2) is 35.8 Å². The number of esters is 1. The van der Waals surface area contributed by atoms with Crippen LogP contribution in [0.3, 0.4) is 0 Å². The summed E-state index contributed by atoms with van der Waals surface area (Å²) in [6.07, 6.45) is 2.09. The first kappa shape index (κ1) is 14.5. The molecule has 0 amide bonds. The van der Waals surface area contributed by atoms with E-state index in [4.69, 9.17) is 0 Å². The lowest BCUT2D eigenvalue weighted by atomic mass is 10.1. The van der Waals surface area contributed by atoms with Crippen molar-refractivity contribution in [3.8, 4) is 11.3 Å². The van der Waals surface area contributed by atoms with Crippen molar-refractivity contribution in [2.24, 2.45) is 0 Å². The molecule has 0 bridgehead atoms. The standard InChI is InChI=1S/C16H14N2O3S/c1-21-15(20)7-6-14(19)16-18-13(9-22-16)11-8-17-12-5-3-2-4-10(11)12/h2-5,8-9,17H,6-7H2,1H3. The summed E-state index contributed by atoms with van der Waals surface area (Å²) >= 11 is 1.30. The molecular weight excluding hydrogens is 300 g/mol. The number of methoxy groups -OCH3 is 1. The number of ether oxygens (including phenoxy) is 1. The summed E-state index contributed by atoms with van der Waals surface area (Å²) in [5, 5.41) is 3.35. The van der Waals surface area contributed by atoms with E-state index >= 15 is 0 Å². The van der Waals surface area contributed by atoms with Crippen LogP contribution in [-0.2, 0) is 9.53 Å². The summed E-state index contributed by atoms with van der Waals surface area (Å²) in [5.74, 6) is -0.525. The van der Waals surface area contributed by atoms with E-state index < -0.39 is 0 Å². The van der Waals surface area contributed by atoms with Gasteiger partial charge in [0, 0.05) is 34.5 Å². The van der Waals surface area contributed by atoms with E-state index in [0.717, 1.165) is 22.2 Å². The molecule has 0 aliphatic carbocycles. The lowest BCUT2D eigenvalue weighted by Gasteiger charge is -1.97. The zero-order valence-electron chi connectivity index (χ0n) is 12.0. The predicted molar refractivity (Wildman–Crippen MR) is 85.0 cm³/mol. The molecule has 2 heterocycles. The monoisotopic (exact) mass is 314 g/mol. The average Bonchev–Trinajstić information content (AvgIpc) is 3.18. The Hall–Kier alpha value is -2.47. The largest absolute Gasteiger partial charge is 0.469 e. The van der Waals surface area contributed by atoms with Gasteiger partial charge in [-0.15, -0.1) is 11.3 Å². The van der Waals surface area contributed by atoms with Gasteiger partial charge in [-0.2, -0.15) is 0 Å². The van der Waals surface area contributed by atoms with Crippen LogP contribution in [0.4, 0.5) is 0 Å². The van der Waals surface area contributed by atoms with Crippen molar-refractivity contribution in [3.05, 3.63) is 40.8 Å². The van der Waals surface area contributed by atoms with Crippen molar-refractivity contribution in [1.82, 2.24) is 9.97 Å². The third kappa shape index (κ3) is 2.78. The van der Waals surface area contributed by atoms with E-state index in [1.807, 2.05) is 35.8 Å². The fraction of sp³-hybridized carbons (Fsp3) is 0.188. The number of carbonyl (C=O) groups excluding carboxylic acids is 2. The van der Waals surface area contributed by atoms with Crippen LogP contribution in [0.1, 0.15) is 22.6 Å². The van der Waals surface area contributed by atoms with Gasteiger partial charge in [-0.3, -0.25) is 9.59 Å². The van der Waals surface area contributed by atoms with Crippen LogP contribution in [-0.4, -0.2) is 28.8 Å². The van der Waals surface area contributed by atoms with Crippen LogP contribution in [0.5, 0.6) is 0 Å². The van der Waals surface area contributed by atoms with Gasteiger partial charge in [0.15, 0.2) is 10.8 Å². The molecular formula is C16H14N2O3S. The van der Waals surface area contributed by atoms with Crippen LogP contribution < -0.4 is 0 Å². The Morgan fingerprint density at radius 2 is 2.09 bits per heavy atom. The van der Waals surface area contributed by atoms with Crippen molar-refractivity contribution < 1.29 is 14.3 Å². The third-order valence-electron chi connectivity index (χ3n) is 3.39. The Morgan fingerprint density at radius 3 is 2.91 bits per heavy atom. The Kier molecular flexibility index (Phi) is 4.02. The maximum Gasteiger partial charge on any atom is 0.305 e. The first-order valence-corrected chi connectivity index (χ1v) is 7.69. The highest BCUT2D eigenvalue weighted by Crippen LogP contribution is 2.29.